The molecule has 0 radical (unpaired) electrons. The Morgan fingerprint density at radius 1 is 1.21 bits per heavy atom. The topological polar surface area (TPSA) is 55.8 Å². The van der Waals surface area contributed by atoms with E-state index in [0.717, 1.165) is 51.4 Å². The largest absolute Gasteiger partial charge is 0.469 e. The lowest BCUT2D eigenvalue weighted by atomic mass is 10.3. The molecule has 0 aromatic rings. The second-order valence-electron chi connectivity index (χ2n) is 4.46. The molecule has 0 aliphatic carbocycles. The minimum absolute atomic E-state index is 0.0803. The molecule has 1 aliphatic heterocycles. The Morgan fingerprint density at radius 2 is 1.95 bits per heavy atom. The van der Waals surface area contributed by atoms with Crippen LogP contribution >= 0.6 is 11.8 Å². The van der Waals surface area contributed by atoms with Crippen molar-refractivity contribution in [1.29, 1.82) is 0 Å². The van der Waals surface area contributed by atoms with Gasteiger partial charge < -0.3 is 9.47 Å². The standard InChI is InChI=1S/C13H23NO4S/c1-17-12(15)4-5-13(16)19-11-3-2-6-14-7-9-18-10-8-14/h2-11H2,1H3. The lowest BCUT2D eigenvalue weighted by Crippen LogP contribution is -2.36. The molecule has 0 aromatic carbocycles. The van der Waals surface area contributed by atoms with E-state index in [0.29, 0.717) is 0 Å². The van der Waals surface area contributed by atoms with Crippen molar-refractivity contribution in [2.45, 2.75) is 25.7 Å². The SMILES string of the molecule is COC(=O)CCC(=O)SCCCCN1CCOCC1. The Morgan fingerprint density at radius 3 is 2.63 bits per heavy atom. The number of nitrogens with zero attached hydrogens (tertiary/aromatic N) is 1. The average Bonchev–Trinajstić information content (AvgIpc) is 2.45. The van der Waals surface area contributed by atoms with Gasteiger partial charge in [0.1, 0.15) is 0 Å². The summed E-state index contributed by atoms with van der Waals surface area (Å²) in [7, 11) is 1.34. The van der Waals surface area contributed by atoms with E-state index in [1.54, 1.807) is 0 Å². The van der Waals surface area contributed by atoms with Gasteiger partial charge in [-0.1, -0.05) is 11.8 Å². The molecule has 0 spiro atoms. The van der Waals surface area contributed by atoms with Crippen LogP contribution < -0.4 is 0 Å². The van der Waals surface area contributed by atoms with Gasteiger partial charge in [-0.15, -0.1) is 0 Å². The molecule has 1 rings (SSSR count). The van der Waals surface area contributed by atoms with Crippen LogP contribution in [0, 0.1) is 0 Å². The van der Waals surface area contributed by atoms with Gasteiger partial charge in [-0.2, -0.15) is 0 Å². The van der Waals surface area contributed by atoms with Crippen molar-refractivity contribution < 1.29 is 19.1 Å². The normalized spacial score (nSPS) is 16.3. The highest BCUT2D eigenvalue weighted by Gasteiger charge is 2.10. The second kappa shape index (κ2) is 10.2. The number of esters is 1. The van der Waals surface area contributed by atoms with E-state index in [-0.39, 0.29) is 23.9 Å². The summed E-state index contributed by atoms with van der Waals surface area (Å²) in [6.45, 7) is 4.79. The third-order valence-electron chi connectivity index (χ3n) is 3.00. The van der Waals surface area contributed by atoms with Gasteiger partial charge in [-0.3, -0.25) is 14.5 Å². The fourth-order valence-electron chi connectivity index (χ4n) is 1.83. The number of thioether (sulfide) groups is 1. The van der Waals surface area contributed by atoms with Crippen LogP contribution in [0.15, 0.2) is 0 Å². The summed E-state index contributed by atoms with van der Waals surface area (Å²) in [6, 6.07) is 0. The predicted octanol–water partition coefficient (Wildman–Crippen LogP) is 1.31. The Labute approximate surface area is 119 Å². The van der Waals surface area contributed by atoms with Crippen LogP contribution in [0.5, 0.6) is 0 Å². The first-order valence-electron chi connectivity index (χ1n) is 6.75. The van der Waals surface area contributed by atoms with Crippen molar-refractivity contribution in [3.8, 4) is 0 Å². The number of hydrogen-bond donors (Lipinski definition) is 0. The summed E-state index contributed by atoms with van der Waals surface area (Å²) in [5, 5.41) is 0.0803. The molecule has 0 saturated carbocycles. The molecular weight excluding hydrogens is 266 g/mol. The van der Waals surface area contributed by atoms with Gasteiger partial charge in [-0.25, -0.2) is 0 Å². The minimum Gasteiger partial charge on any atom is -0.469 e. The van der Waals surface area contributed by atoms with E-state index in [2.05, 4.69) is 9.64 Å². The van der Waals surface area contributed by atoms with Crippen molar-refractivity contribution >= 4 is 22.8 Å². The Balaban J connectivity index is 1.92. The van der Waals surface area contributed by atoms with Crippen molar-refractivity contribution in [2.75, 3.05) is 45.7 Å². The van der Waals surface area contributed by atoms with Gasteiger partial charge in [0.2, 0.25) is 0 Å². The first-order valence-corrected chi connectivity index (χ1v) is 7.73. The lowest BCUT2D eigenvalue weighted by Gasteiger charge is -2.26. The average molecular weight is 289 g/mol. The van der Waals surface area contributed by atoms with Gasteiger partial charge in [-0.05, 0) is 19.4 Å². The summed E-state index contributed by atoms with van der Waals surface area (Å²) >= 11 is 1.33. The summed E-state index contributed by atoms with van der Waals surface area (Å²) in [6.07, 6.45) is 2.61. The molecule has 1 aliphatic rings. The molecule has 1 saturated heterocycles. The smallest absolute Gasteiger partial charge is 0.305 e. The van der Waals surface area contributed by atoms with E-state index in [4.69, 9.17) is 4.74 Å². The molecule has 0 amide bonds. The second-order valence-corrected chi connectivity index (χ2v) is 5.61. The number of carbonyl (C=O) groups excluding carboxylic acids is 2. The number of carbonyl (C=O) groups is 2. The molecule has 110 valence electrons. The summed E-state index contributed by atoms with van der Waals surface area (Å²) in [5.74, 6) is 0.519. The van der Waals surface area contributed by atoms with Gasteiger partial charge >= 0.3 is 5.97 Å². The van der Waals surface area contributed by atoms with E-state index < -0.39 is 0 Å². The van der Waals surface area contributed by atoms with Crippen LogP contribution in [-0.4, -0.2) is 61.7 Å². The van der Waals surface area contributed by atoms with Crippen LogP contribution in [0.3, 0.4) is 0 Å². The predicted molar refractivity (Wildman–Crippen MR) is 75.2 cm³/mol. The lowest BCUT2D eigenvalue weighted by molar-refractivity contribution is -0.141. The third kappa shape index (κ3) is 8.23. The number of ether oxygens (including phenoxy) is 2. The van der Waals surface area contributed by atoms with Crippen molar-refractivity contribution in [3.63, 3.8) is 0 Å². The number of hydrogen-bond acceptors (Lipinski definition) is 6. The molecule has 0 aromatic heterocycles. The number of unbranched alkanes of at least 4 members (excludes halogenated alkanes) is 1. The van der Waals surface area contributed by atoms with E-state index >= 15 is 0 Å². The van der Waals surface area contributed by atoms with Crippen LogP contribution in [-0.2, 0) is 19.1 Å². The van der Waals surface area contributed by atoms with Crippen LogP contribution in [0.4, 0.5) is 0 Å². The number of morpholine rings is 1. The van der Waals surface area contributed by atoms with Crippen molar-refractivity contribution in [3.05, 3.63) is 0 Å². The molecule has 19 heavy (non-hydrogen) atoms. The third-order valence-corrected chi connectivity index (χ3v) is 4.02. The van der Waals surface area contributed by atoms with Crippen LogP contribution in [0.2, 0.25) is 0 Å². The Bertz CT molecular complexity index is 280. The minimum atomic E-state index is -0.318. The zero-order valence-electron chi connectivity index (χ0n) is 11.6. The van der Waals surface area contributed by atoms with Gasteiger partial charge in [0.25, 0.3) is 0 Å². The monoisotopic (exact) mass is 289 g/mol. The van der Waals surface area contributed by atoms with Gasteiger partial charge in [0, 0.05) is 25.3 Å². The molecule has 1 heterocycles. The van der Waals surface area contributed by atoms with E-state index in [9.17, 15) is 9.59 Å². The maximum Gasteiger partial charge on any atom is 0.305 e. The van der Waals surface area contributed by atoms with Crippen LogP contribution in [0.1, 0.15) is 25.7 Å². The zero-order chi connectivity index (χ0) is 13.9. The summed E-state index contributed by atoms with van der Waals surface area (Å²) in [5.41, 5.74) is 0. The molecule has 5 nitrogen and oxygen atoms in total. The van der Waals surface area contributed by atoms with Crippen molar-refractivity contribution in [1.82, 2.24) is 4.90 Å². The highest BCUT2D eigenvalue weighted by Crippen LogP contribution is 2.11. The van der Waals surface area contributed by atoms with Gasteiger partial charge in [0.05, 0.1) is 26.7 Å². The number of methoxy groups -OCH3 is 1. The molecule has 0 N–H and O–H groups in total. The first-order chi connectivity index (χ1) is 9.22. The molecule has 0 unspecified atom stereocenters. The molecule has 1 fully saturated rings. The Hall–Kier alpha value is -0.590. The molecule has 0 atom stereocenters. The van der Waals surface area contributed by atoms with Gasteiger partial charge in [0.15, 0.2) is 5.12 Å². The highest BCUT2D eigenvalue weighted by atomic mass is 32.2. The van der Waals surface area contributed by atoms with E-state index in [1.807, 2.05) is 0 Å². The Kier molecular flexibility index (Phi) is 8.86. The summed E-state index contributed by atoms with van der Waals surface area (Å²) in [4.78, 5) is 24.7. The molecular formula is C13H23NO4S. The van der Waals surface area contributed by atoms with Crippen LogP contribution in [0.25, 0.3) is 0 Å². The highest BCUT2D eigenvalue weighted by molar-refractivity contribution is 8.13. The van der Waals surface area contributed by atoms with E-state index in [1.165, 1.54) is 18.9 Å². The maximum atomic E-state index is 11.5. The fourth-order valence-corrected chi connectivity index (χ4v) is 2.65. The maximum absolute atomic E-state index is 11.5. The van der Waals surface area contributed by atoms with Crippen molar-refractivity contribution in [2.24, 2.45) is 0 Å². The molecule has 6 heteroatoms. The zero-order valence-corrected chi connectivity index (χ0v) is 12.4. The summed E-state index contributed by atoms with van der Waals surface area (Å²) < 4.78 is 9.78. The quantitative estimate of drug-likeness (QED) is 0.496. The fraction of sp³-hybridized carbons (Fsp3) is 0.846. The first kappa shape index (κ1) is 16.5. The number of rotatable bonds is 8. The molecule has 0 bridgehead atoms.